The monoisotopic (exact) mass is 191 g/mol. The summed E-state index contributed by atoms with van der Waals surface area (Å²) < 4.78 is 5.08. The molecule has 0 aromatic carbocycles. The third kappa shape index (κ3) is 1.23. The van der Waals surface area contributed by atoms with Gasteiger partial charge in [-0.15, -0.1) is 0 Å². The molecular weight excluding hydrogens is 178 g/mol. The zero-order chi connectivity index (χ0) is 10.3. The number of rotatable bonds is 1. The second kappa shape index (κ2) is 2.97. The standard InChI is InChI=1S/C10H13N3O/c1-5(2)8-4-7(11)9-6(3)13-14-10(9)12-8/h4-5H,1-3H3,(H2,11,12). The zero-order valence-corrected chi connectivity index (χ0v) is 8.53. The summed E-state index contributed by atoms with van der Waals surface area (Å²) in [5.41, 5.74) is 8.85. The fourth-order valence-electron chi connectivity index (χ4n) is 1.44. The third-order valence-electron chi connectivity index (χ3n) is 2.26. The van der Waals surface area contributed by atoms with Gasteiger partial charge in [-0.25, -0.2) is 4.98 Å². The molecule has 4 heteroatoms. The molecule has 2 aromatic rings. The van der Waals surface area contributed by atoms with Gasteiger partial charge >= 0.3 is 0 Å². The molecule has 0 fully saturated rings. The first-order valence-corrected chi connectivity index (χ1v) is 4.62. The highest BCUT2D eigenvalue weighted by Crippen LogP contribution is 2.26. The predicted molar refractivity (Wildman–Crippen MR) is 55.0 cm³/mol. The van der Waals surface area contributed by atoms with Gasteiger partial charge in [0.2, 0.25) is 0 Å². The number of hydrogen-bond donors (Lipinski definition) is 1. The average Bonchev–Trinajstić information content (AvgIpc) is 2.48. The molecule has 0 aliphatic heterocycles. The van der Waals surface area contributed by atoms with Gasteiger partial charge in [-0.3, -0.25) is 0 Å². The van der Waals surface area contributed by atoms with E-state index in [0.29, 0.717) is 17.3 Å². The minimum absolute atomic E-state index is 0.340. The topological polar surface area (TPSA) is 64.9 Å². The summed E-state index contributed by atoms with van der Waals surface area (Å²) in [6.45, 7) is 5.99. The second-order valence-electron chi connectivity index (χ2n) is 3.74. The van der Waals surface area contributed by atoms with Crippen LogP contribution in [0.3, 0.4) is 0 Å². The molecular formula is C10H13N3O. The minimum Gasteiger partial charge on any atom is -0.398 e. The Morgan fingerprint density at radius 3 is 2.79 bits per heavy atom. The Morgan fingerprint density at radius 1 is 1.43 bits per heavy atom. The smallest absolute Gasteiger partial charge is 0.260 e. The van der Waals surface area contributed by atoms with E-state index in [9.17, 15) is 0 Å². The summed E-state index contributed by atoms with van der Waals surface area (Å²) in [5.74, 6) is 0.340. The van der Waals surface area contributed by atoms with E-state index in [1.807, 2.05) is 13.0 Å². The molecule has 0 unspecified atom stereocenters. The lowest BCUT2D eigenvalue weighted by molar-refractivity contribution is 0.442. The maximum absolute atomic E-state index is 5.90. The molecule has 14 heavy (non-hydrogen) atoms. The van der Waals surface area contributed by atoms with Crippen LogP contribution in [-0.4, -0.2) is 10.1 Å². The lowest BCUT2D eigenvalue weighted by Gasteiger charge is -2.04. The quantitative estimate of drug-likeness (QED) is 0.750. The molecule has 0 radical (unpaired) electrons. The van der Waals surface area contributed by atoms with Crippen LogP contribution in [0.5, 0.6) is 0 Å². The van der Waals surface area contributed by atoms with Crippen molar-refractivity contribution in [3.05, 3.63) is 17.5 Å². The van der Waals surface area contributed by atoms with Crippen LogP contribution in [0.15, 0.2) is 10.6 Å². The van der Waals surface area contributed by atoms with Gasteiger partial charge in [-0.1, -0.05) is 19.0 Å². The Morgan fingerprint density at radius 2 is 2.14 bits per heavy atom. The van der Waals surface area contributed by atoms with Crippen LogP contribution in [-0.2, 0) is 0 Å². The first-order valence-electron chi connectivity index (χ1n) is 4.62. The largest absolute Gasteiger partial charge is 0.398 e. The summed E-state index contributed by atoms with van der Waals surface area (Å²) in [4.78, 5) is 4.35. The van der Waals surface area contributed by atoms with E-state index < -0.39 is 0 Å². The van der Waals surface area contributed by atoms with E-state index in [2.05, 4.69) is 24.0 Å². The highest BCUT2D eigenvalue weighted by Gasteiger charge is 2.12. The Kier molecular flexibility index (Phi) is 1.91. The van der Waals surface area contributed by atoms with E-state index >= 15 is 0 Å². The van der Waals surface area contributed by atoms with Gasteiger partial charge in [0.05, 0.1) is 11.1 Å². The van der Waals surface area contributed by atoms with Crippen molar-refractivity contribution >= 4 is 16.8 Å². The molecule has 2 aromatic heterocycles. The lowest BCUT2D eigenvalue weighted by atomic mass is 10.1. The van der Waals surface area contributed by atoms with E-state index in [-0.39, 0.29) is 0 Å². The summed E-state index contributed by atoms with van der Waals surface area (Å²) in [5, 5.41) is 4.67. The number of nitrogen functional groups attached to an aromatic ring is 1. The molecule has 0 atom stereocenters. The van der Waals surface area contributed by atoms with Crippen molar-refractivity contribution in [2.75, 3.05) is 5.73 Å². The number of aryl methyl sites for hydroxylation is 1. The summed E-state index contributed by atoms with van der Waals surface area (Å²) in [6.07, 6.45) is 0. The molecule has 2 N–H and O–H groups in total. The second-order valence-corrected chi connectivity index (χ2v) is 3.74. The number of anilines is 1. The van der Waals surface area contributed by atoms with Crippen LogP contribution in [0.2, 0.25) is 0 Å². The number of hydrogen-bond acceptors (Lipinski definition) is 4. The molecule has 0 aliphatic carbocycles. The molecule has 0 aliphatic rings. The van der Waals surface area contributed by atoms with Crippen LogP contribution >= 0.6 is 0 Å². The molecule has 0 amide bonds. The molecule has 0 saturated carbocycles. The molecule has 0 spiro atoms. The normalized spacial score (nSPS) is 11.4. The molecule has 0 saturated heterocycles. The Hall–Kier alpha value is -1.58. The molecule has 4 nitrogen and oxygen atoms in total. The minimum atomic E-state index is 0.340. The van der Waals surface area contributed by atoms with Gasteiger partial charge in [-0.2, -0.15) is 0 Å². The van der Waals surface area contributed by atoms with Gasteiger partial charge in [0.15, 0.2) is 0 Å². The average molecular weight is 191 g/mol. The first-order chi connectivity index (χ1) is 6.59. The van der Waals surface area contributed by atoms with E-state index in [0.717, 1.165) is 16.8 Å². The van der Waals surface area contributed by atoms with Gasteiger partial charge in [0, 0.05) is 11.4 Å². The number of pyridine rings is 1. The molecule has 0 bridgehead atoms. The van der Waals surface area contributed by atoms with Gasteiger partial charge in [-0.05, 0) is 18.9 Å². The fraction of sp³-hybridized carbons (Fsp3) is 0.400. The van der Waals surface area contributed by atoms with Gasteiger partial charge in [0.1, 0.15) is 0 Å². The van der Waals surface area contributed by atoms with Gasteiger partial charge < -0.3 is 10.3 Å². The van der Waals surface area contributed by atoms with Crippen LogP contribution in [0.1, 0.15) is 31.2 Å². The molecule has 74 valence electrons. The summed E-state index contributed by atoms with van der Waals surface area (Å²) in [6, 6.07) is 1.89. The van der Waals surface area contributed by atoms with E-state index in [1.54, 1.807) is 0 Å². The summed E-state index contributed by atoms with van der Waals surface area (Å²) in [7, 11) is 0. The SMILES string of the molecule is Cc1noc2nc(C(C)C)cc(N)c12. The zero-order valence-electron chi connectivity index (χ0n) is 8.53. The number of nitrogens with zero attached hydrogens (tertiary/aromatic N) is 2. The predicted octanol–water partition coefficient (Wildman–Crippen LogP) is 2.24. The van der Waals surface area contributed by atoms with Crippen molar-refractivity contribution in [1.82, 2.24) is 10.1 Å². The maximum Gasteiger partial charge on any atom is 0.260 e. The first kappa shape index (κ1) is 8.99. The number of aromatic nitrogens is 2. The Bertz CT molecular complexity index is 473. The lowest BCUT2D eigenvalue weighted by Crippen LogP contribution is -1.96. The number of nitrogens with two attached hydrogens (primary N) is 1. The van der Waals surface area contributed by atoms with Crippen LogP contribution in [0.25, 0.3) is 11.1 Å². The Balaban J connectivity index is 2.74. The highest BCUT2D eigenvalue weighted by atomic mass is 16.5. The Labute approximate surface area is 82.1 Å². The molecule has 2 heterocycles. The van der Waals surface area contributed by atoms with Crippen LogP contribution < -0.4 is 5.73 Å². The van der Waals surface area contributed by atoms with Crippen LogP contribution in [0.4, 0.5) is 5.69 Å². The van der Waals surface area contributed by atoms with Crippen molar-refractivity contribution in [1.29, 1.82) is 0 Å². The third-order valence-corrected chi connectivity index (χ3v) is 2.26. The van der Waals surface area contributed by atoms with Crippen molar-refractivity contribution in [3.63, 3.8) is 0 Å². The van der Waals surface area contributed by atoms with Gasteiger partial charge in [0.25, 0.3) is 5.71 Å². The molecule has 2 rings (SSSR count). The van der Waals surface area contributed by atoms with Crippen molar-refractivity contribution in [3.8, 4) is 0 Å². The van der Waals surface area contributed by atoms with Crippen LogP contribution in [0, 0.1) is 6.92 Å². The van der Waals surface area contributed by atoms with Crippen molar-refractivity contribution in [2.45, 2.75) is 26.7 Å². The maximum atomic E-state index is 5.90. The fourth-order valence-corrected chi connectivity index (χ4v) is 1.44. The van der Waals surface area contributed by atoms with E-state index in [1.165, 1.54) is 0 Å². The van der Waals surface area contributed by atoms with Crippen molar-refractivity contribution in [2.24, 2.45) is 0 Å². The van der Waals surface area contributed by atoms with Crippen molar-refractivity contribution < 1.29 is 4.52 Å². The summed E-state index contributed by atoms with van der Waals surface area (Å²) >= 11 is 0. The highest BCUT2D eigenvalue weighted by molar-refractivity contribution is 5.88. The van der Waals surface area contributed by atoms with E-state index in [4.69, 9.17) is 10.3 Å². The number of fused-ring (bicyclic) bond motifs is 1.